The minimum absolute atomic E-state index is 0.0381. The van der Waals surface area contributed by atoms with Gasteiger partial charge in [-0.2, -0.15) is 0 Å². The molecule has 3 N–H and O–H groups in total. The van der Waals surface area contributed by atoms with Crippen LogP contribution < -0.4 is 5.32 Å². The van der Waals surface area contributed by atoms with Crippen LogP contribution in [-0.4, -0.2) is 29.3 Å². The molecule has 0 atom stereocenters. The van der Waals surface area contributed by atoms with Gasteiger partial charge in [0.25, 0.3) is 0 Å². The van der Waals surface area contributed by atoms with E-state index in [2.05, 4.69) is 16.4 Å². The maximum absolute atomic E-state index is 9.36. The van der Waals surface area contributed by atoms with Crippen LogP contribution in [0, 0.1) is 0 Å². The maximum atomic E-state index is 9.36. The van der Waals surface area contributed by atoms with Gasteiger partial charge in [0.2, 0.25) is 0 Å². The van der Waals surface area contributed by atoms with E-state index in [0.717, 1.165) is 64.5 Å². The highest BCUT2D eigenvalue weighted by Crippen LogP contribution is 2.33. The highest BCUT2D eigenvalue weighted by atomic mass is 35.5. The van der Waals surface area contributed by atoms with E-state index in [9.17, 15) is 5.11 Å². The Morgan fingerprint density at radius 3 is 2.80 bits per heavy atom. The van der Waals surface area contributed by atoms with E-state index in [1.807, 2.05) is 36.4 Å². The molecule has 0 bridgehead atoms. The zero-order valence-corrected chi connectivity index (χ0v) is 14.6. The number of rotatable bonds is 4. The van der Waals surface area contributed by atoms with Gasteiger partial charge >= 0.3 is 0 Å². The Labute approximate surface area is 151 Å². The van der Waals surface area contributed by atoms with Crippen molar-refractivity contribution >= 4 is 28.2 Å². The van der Waals surface area contributed by atoms with Gasteiger partial charge in [0.05, 0.1) is 17.8 Å². The zero-order chi connectivity index (χ0) is 17.2. The second-order valence-electron chi connectivity index (χ2n) is 6.49. The average Bonchev–Trinajstić information content (AvgIpc) is 3.07. The molecular formula is C20H21ClN2O2. The molecule has 3 aromatic rings. The highest BCUT2D eigenvalue weighted by Gasteiger charge is 2.16. The Balaban J connectivity index is 1.72. The lowest BCUT2D eigenvalue weighted by atomic mass is 10.1. The van der Waals surface area contributed by atoms with E-state index in [-0.39, 0.29) is 6.61 Å². The molecule has 5 heteroatoms. The third-order valence-corrected chi connectivity index (χ3v) is 4.91. The van der Waals surface area contributed by atoms with Gasteiger partial charge in [-0.05, 0) is 48.2 Å². The number of hydrogen-bond acceptors (Lipinski definition) is 3. The van der Waals surface area contributed by atoms with Gasteiger partial charge < -0.3 is 20.1 Å². The maximum Gasteiger partial charge on any atom is 0.0695 e. The average molecular weight is 357 g/mol. The van der Waals surface area contributed by atoms with E-state index in [1.165, 1.54) is 0 Å². The molecule has 0 spiro atoms. The van der Waals surface area contributed by atoms with Crippen LogP contribution >= 0.6 is 11.6 Å². The molecule has 2 heterocycles. The molecule has 2 aromatic carbocycles. The first kappa shape index (κ1) is 16.5. The summed E-state index contributed by atoms with van der Waals surface area (Å²) in [5.41, 5.74) is 5.05. The van der Waals surface area contributed by atoms with Crippen LogP contribution in [0.25, 0.3) is 22.2 Å². The molecule has 4 nitrogen and oxygen atoms in total. The molecule has 4 rings (SSSR count). The summed E-state index contributed by atoms with van der Waals surface area (Å²) in [6.45, 7) is 1.63. The zero-order valence-electron chi connectivity index (χ0n) is 13.9. The normalized spacial score (nSPS) is 15.6. The standard InChI is InChI=1S/C20H21ClN2O2/c21-16-9-15-10-18(14-3-1-2-13(8-14)12-24)23-20(15)19(11-16)22-17-4-6-25-7-5-17/h1-3,8-11,17,22-24H,4-7,12H2. The summed E-state index contributed by atoms with van der Waals surface area (Å²) in [6, 6.07) is 14.4. The fourth-order valence-electron chi connectivity index (χ4n) is 3.38. The number of aliphatic hydroxyl groups is 1. The second-order valence-corrected chi connectivity index (χ2v) is 6.93. The van der Waals surface area contributed by atoms with Crippen LogP contribution in [0.4, 0.5) is 5.69 Å². The Kier molecular flexibility index (Phi) is 4.66. The monoisotopic (exact) mass is 356 g/mol. The van der Waals surface area contributed by atoms with Gasteiger partial charge in [-0.15, -0.1) is 0 Å². The molecule has 0 amide bonds. The molecule has 1 aliphatic rings. The lowest BCUT2D eigenvalue weighted by Crippen LogP contribution is -2.27. The number of aliphatic hydroxyl groups excluding tert-OH is 1. The van der Waals surface area contributed by atoms with E-state index in [4.69, 9.17) is 16.3 Å². The number of nitrogens with one attached hydrogen (secondary N) is 2. The number of hydrogen-bond donors (Lipinski definition) is 3. The topological polar surface area (TPSA) is 57.3 Å². The molecule has 1 saturated heterocycles. The van der Waals surface area contributed by atoms with Crippen LogP contribution in [0.15, 0.2) is 42.5 Å². The van der Waals surface area contributed by atoms with Crippen LogP contribution in [0.3, 0.4) is 0 Å². The van der Waals surface area contributed by atoms with Crippen molar-refractivity contribution in [3.05, 3.63) is 53.1 Å². The summed E-state index contributed by atoms with van der Waals surface area (Å²) in [5.74, 6) is 0. The van der Waals surface area contributed by atoms with E-state index < -0.39 is 0 Å². The first-order valence-electron chi connectivity index (χ1n) is 8.59. The van der Waals surface area contributed by atoms with Crippen molar-refractivity contribution in [1.82, 2.24) is 4.98 Å². The van der Waals surface area contributed by atoms with E-state index >= 15 is 0 Å². The van der Waals surface area contributed by atoms with Crippen molar-refractivity contribution in [2.24, 2.45) is 0 Å². The minimum atomic E-state index is 0.0381. The molecule has 130 valence electrons. The fraction of sp³-hybridized carbons (Fsp3) is 0.300. The molecule has 0 unspecified atom stereocenters. The van der Waals surface area contributed by atoms with Gasteiger partial charge in [0, 0.05) is 35.4 Å². The van der Waals surface area contributed by atoms with Gasteiger partial charge in [-0.25, -0.2) is 0 Å². The second kappa shape index (κ2) is 7.08. The number of aromatic nitrogens is 1. The Hall–Kier alpha value is -2.01. The summed E-state index contributed by atoms with van der Waals surface area (Å²) in [6.07, 6.45) is 2.00. The number of H-pyrrole nitrogens is 1. The molecule has 0 radical (unpaired) electrons. The van der Waals surface area contributed by atoms with Crippen molar-refractivity contribution in [3.8, 4) is 11.3 Å². The van der Waals surface area contributed by atoms with E-state index in [0.29, 0.717) is 6.04 Å². The number of aromatic amines is 1. The smallest absolute Gasteiger partial charge is 0.0695 e. The molecule has 1 aliphatic heterocycles. The third-order valence-electron chi connectivity index (χ3n) is 4.69. The Morgan fingerprint density at radius 2 is 2.00 bits per heavy atom. The summed E-state index contributed by atoms with van der Waals surface area (Å²) in [4.78, 5) is 3.51. The summed E-state index contributed by atoms with van der Waals surface area (Å²) >= 11 is 6.33. The van der Waals surface area contributed by atoms with Crippen molar-refractivity contribution < 1.29 is 9.84 Å². The molecular weight excluding hydrogens is 336 g/mol. The Morgan fingerprint density at radius 1 is 1.16 bits per heavy atom. The largest absolute Gasteiger partial charge is 0.392 e. The Bertz CT molecular complexity index is 885. The number of ether oxygens (including phenoxy) is 1. The number of anilines is 1. The summed E-state index contributed by atoms with van der Waals surface area (Å²) in [5, 5.41) is 14.8. The quantitative estimate of drug-likeness (QED) is 0.641. The van der Waals surface area contributed by atoms with Crippen LogP contribution in [0.5, 0.6) is 0 Å². The van der Waals surface area contributed by atoms with Gasteiger partial charge in [0.1, 0.15) is 0 Å². The van der Waals surface area contributed by atoms with Crippen molar-refractivity contribution in [2.75, 3.05) is 18.5 Å². The van der Waals surface area contributed by atoms with Crippen molar-refractivity contribution in [1.29, 1.82) is 0 Å². The van der Waals surface area contributed by atoms with Crippen LogP contribution in [0.2, 0.25) is 5.02 Å². The molecule has 1 fully saturated rings. The highest BCUT2D eigenvalue weighted by molar-refractivity contribution is 6.32. The molecule has 0 saturated carbocycles. The predicted octanol–water partition coefficient (Wildman–Crippen LogP) is 4.57. The molecule has 0 aliphatic carbocycles. The lowest BCUT2D eigenvalue weighted by Gasteiger charge is -2.24. The fourth-order valence-corrected chi connectivity index (χ4v) is 3.60. The minimum Gasteiger partial charge on any atom is -0.392 e. The lowest BCUT2D eigenvalue weighted by molar-refractivity contribution is 0.0905. The van der Waals surface area contributed by atoms with Crippen molar-refractivity contribution in [3.63, 3.8) is 0 Å². The molecule has 1 aromatic heterocycles. The predicted molar refractivity (Wildman–Crippen MR) is 102 cm³/mol. The first-order valence-corrected chi connectivity index (χ1v) is 8.97. The summed E-state index contributed by atoms with van der Waals surface area (Å²) < 4.78 is 5.44. The number of halogens is 1. The van der Waals surface area contributed by atoms with Crippen LogP contribution in [-0.2, 0) is 11.3 Å². The van der Waals surface area contributed by atoms with E-state index in [1.54, 1.807) is 0 Å². The van der Waals surface area contributed by atoms with Gasteiger partial charge in [-0.3, -0.25) is 0 Å². The van der Waals surface area contributed by atoms with Gasteiger partial charge in [0.15, 0.2) is 0 Å². The third kappa shape index (κ3) is 3.52. The number of fused-ring (bicyclic) bond motifs is 1. The summed E-state index contributed by atoms with van der Waals surface area (Å²) in [7, 11) is 0. The number of benzene rings is 2. The first-order chi connectivity index (χ1) is 12.2. The van der Waals surface area contributed by atoms with Crippen molar-refractivity contribution in [2.45, 2.75) is 25.5 Å². The molecule has 25 heavy (non-hydrogen) atoms. The van der Waals surface area contributed by atoms with Crippen LogP contribution in [0.1, 0.15) is 18.4 Å². The SMILES string of the molecule is OCc1cccc(-c2cc3cc(Cl)cc(NC4CCOCC4)c3[nH]2)c1. The van der Waals surface area contributed by atoms with Gasteiger partial charge in [-0.1, -0.05) is 29.8 Å².